The summed E-state index contributed by atoms with van der Waals surface area (Å²) < 4.78 is 7.42. The largest absolute Gasteiger partial charge is 0.489 e. The highest BCUT2D eigenvalue weighted by molar-refractivity contribution is 9.10. The van der Waals surface area contributed by atoms with E-state index in [1.807, 2.05) is 42.5 Å². The number of hydrogen-bond acceptors (Lipinski definition) is 4. The van der Waals surface area contributed by atoms with E-state index < -0.39 is 0 Å². The second kappa shape index (κ2) is 8.49. The maximum Gasteiger partial charge on any atom is 0.283 e. The summed E-state index contributed by atoms with van der Waals surface area (Å²) in [6.45, 7) is 4.01. The van der Waals surface area contributed by atoms with E-state index >= 15 is 0 Å². The van der Waals surface area contributed by atoms with Crippen LogP contribution in [-0.4, -0.2) is 18.7 Å². The van der Waals surface area contributed by atoms with Crippen LogP contribution < -0.4 is 10.2 Å². The lowest BCUT2D eigenvalue weighted by molar-refractivity contribution is 0.0959. The molecule has 1 heterocycles. The van der Waals surface area contributed by atoms with E-state index in [0.29, 0.717) is 22.3 Å². The van der Waals surface area contributed by atoms with Gasteiger partial charge in [0.15, 0.2) is 0 Å². The van der Waals surface area contributed by atoms with Crippen molar-refractivity contribution in [2.24, 2.45) is 5.10 Å². The van der Waals surface area contributed by atoms with Gasteiger partial charge in [0.25, 0.3) is 5.91 Å². The number of ether oxygens (including phenoxy) is 1. The molecule has 0 bridgehead atoms. The van der Waals surface area contributed by atoms with Crippen LogP contribution >= 0.6 is 38.9 Å². The van der Waals surface area contributed by atoms with Crippen LogP contribution in [0.1, 0.15) is 15.2 Å². The molecular weight excluding hydrogens is 436 g/mol. The molecule has 1 N–H and O–H groups in total. The molecule has 0 aliphatic carbocycles. The number of nitrogens with one attached hydrogen (secondary N) is 1. The quantitative estimate of drug-likeness (QED) is 0.300. The third kappa shape index (κ3) is 4.15. The summed E-state index contributed by atoms with van der Waals surface area (Å²) in [5, 5.41) is 5.34. The van der Waals surface area contributed by atoms with Crippen LogP contribution in [0.2, 0.25) is 5.02 Å². The van der Waals surface area contributed by atoms with Crippen molar-refractivity contribution in [1.29, 1.82) is 0 Å². The van der Waals surface area contributed by atoms with Crippen LogP contribution in [0, 0.1) is 0 Å². The average Bonchev–Trinajstić information content (AvgIpc) is 2.98. The maximum absolute atomic E-state index is 12.4. The fraction of sp³-hybridized carbons (Fsp3) is 0.0526. The third-order valence-electron chi connectivity index (χ3n) is 3.44. The molecule has 0 spiro atoms. The van der Waals surface area contributed by atoms with E-state index in [2.05, 4.69) is 33.0 Å². The number of amides is 1. The molecule has 26 heavy (non-hydrogen) atoms. The number of fused-ring (bicyclic) bond motifs is 1. The van der Waals surface area contributed by atoms with Gasteiger partial charge < -0.3 is 4.74 Å². The summed E-state index contributed by atoms with van der Waals surface area (Å²) in [7, 11) is 0. The molecule has 0 fully saturated rings. The van der Waals surface area contributed by atoms with E-state index in [9.17, 15) is 4.79 Å². The Morgan fingerprint density at radius 2 is 2.15 bits per heavy atom. The summed E-state index contributed by atoms with van der Waals surface area (Å²) in [5.41, 5.74) is 3.24. The number of hydrazone groups is 1. The smallest absolute Gasteiger partial charge is 0.283 e. The van der Waals surface area contributed by atoms with Crippen molar-refractivity contribution in [3.05, 3.63) is 75.1 Å². The molecule has 0 unspecified atom stereocenters. The van der Waals surface area contributed by atoms with Crippen molar-refractivity contribution < 1.29 is 9.53 Å². The Morgan fingerprint density at radius 3 is 2.92 bits per heavy atom. The monoisotopic (exact) mass is 448 g/mol. The van der Waals surface area contributed by atoms with E-state index in [1.54, 1.807) is 6.08 Å². The van der Waals surface area contributed by atoms with Crippen molar-refractivity contribution in [2.45, 2.75) is 0 Å². The third-order valence-corrected chi connectivity index (χ3v) is 5.61. The van der Waals surface area contributed by atoms with Crippen LogP contribution in [-0.2, 0) is 0 Å². The lowest BCUT2D eigenvalue weighted by Gasteiger charge is -2.07. The molecule has 4 nitrogen and oxygen atoms in total. The minimum absolute atomic E-state index is 0.351. The zero-order valence-electron chi connectivity index (χ0n) is 13.5. The molecule has 1 amide bonds. The zero-order valence-corrected chi connectivity index (χ0v) is 16.7. The van der Waals surface area contributed by atoms with Gasteiger partial charge in [0.2, 0.25) is 0 Å². The van der Waals surface area contributed by atoms with Crippen LogP contribution in [0.5, 0.6) is 5.75 Å². The number of halogens is 2. The zero-order chi connectivity index (χ0) is 18.5. The van der Waals surface area contributed by atoms with Crippen LogP contribution in [0.15, 0.2) is 64.7 Å². The summed E-state index contributed by atoms with van der Waals surface area (Å²) >= 11 is 11.1. The highest BCUT2D eigenvalue weighted by Gasteiger charge is 2.16. The Labute approximate surface area is 168 Å². The topological polar surface area (TPSA) is 50.7 Å². The first-order valence-corrected chi connectivity index (χ1v) is 9.62. The lowest BCUT2D eigenvalue weighted by Crippen LogP contribution is -2.16. The van der Waals surface area contributed by atoms with Crippen molar-refractivity contribution in [2.75, 3.05) is 6.61 Å². The first kappa shape index (κ1) is 18.6. The van der Waals surface area contributed by atoms with Gasteiger partial charge in [0.1, 0.15) is 17.2 Å². The number of rotatable bonds is 6. The molecule has 1 aromatic heterocycles. The van der Waals surface area contributed by atoms with Crippen LogP contribution in [0.25, 0.3) is 10.1 Å². The highest BCUT2D eigenvalue weighted by atomic mass is 79.9. The van der Waals surface area contributed by atoms with Crippen molar-refractivity contribution in [1.82, 2.24) is 5.43 Å². The number of carbonyl (C=O) groups excluding carboxylic acids is 1. The summed E-state index contributed by atoms with van der Waals surface area (Å²) in [6, 6.07) is 13.1. The van der Waals surface area contributed by atoms with E-state index in [-0.39, 0.29) is 5.91 Å². The van der Waals surface area contributed by atoms with Crippen LogP contribution in [0.4, 0.5) is 0 Å². The first-order chi connectivity index (χ1) is 12.6. The predicted molar refractivity (Wildman–Crippen MR) is 112 cm³/mol. The number of nitrogens with zero attached hydrogens (tertiary/aromatic N) is 1. The number of benzene rings is 2. The van der Waals surface area contributed by atoms with Gasteiger partial charge in [0.05, 0.1) is 11.2 Å². The van der Waals surface area contributed by atoms with Gasteiger partial charge in [-0.05, 0) is 24.3 Å². The Bertz CT molecular complexity index is 1000. The molecule has 0 aliphatic rings. The molecule has 2 aromatic carbocycles. The molecule has 3 aromatic rings. The summed E-state index contributed by atoms with van der Waals surface area (Å²) in [4.78, 5) is 12.8. The van der Waals surface area contributed by atoms with Crippen molar-refractivity contribution in [3.8, 4) is 5.75 Å². The minimum Gasteiger partial charge on any atom is -0.489 e. The molecule has 132 valence electrons. The molecule has 0 saturated heterocycles. The Balaban J connectivity index is 1.77. The molecule has 7 heteroatoms. The van der Waals surface area contributed by atoms with Gasteiger partial charge >= 0.3 is 0 Å². The lowest BCUT2D eigenvalue weighted by atomic mass is 10.2. The molecule has 3 rings (SSSR count). The normalized spacial score (nSPS) is 11.0. The van der Waals surface area contributed by atoms with Crippen LogP contribution in [0.3, 0.4) is 0 Å². The van der Waals surface area contributed by atoms with E-state index in [1.165, 1.54) is 17.6 Å². The standard InChI is InChI=1S/C19H14BrClN2O2S/c1-2-9-25-15-8-7-13(20)10-12(15)11-22-23-19(24)18-17(21)14-5-3-4-6-16(14)26-18/h2-8,10-11H,1,9H2,(H,23,24). The fourth-order valence-corrected chi connectivity index (χ4v) is 4.06. The predicted octanol–water partition coefficient (Wildman–Crippen LogP) is 5.65. The molecule has 0 saturated carbocycles. The summed E-state index contributed by atoms with van der Waals surface area (Å²) in [5.74, 6) is 0.294. The minimum atomic E-state index is -0.351. The SMILES string of the molecule is C=CCOc1ccc(Br)cc1C=NNC(=O)c1sc2ccccc2c1Cl. The van der Waals surface area contributed by atoms with Crippen molar-refractivity contribution >= 4 is 61.1 Å². The van der Waals surface area contributed by atoms with Gasteiger partial charge in [-0.2, -0.15) is 5.10 Å². The highest BCUT2D eigenvalue weighted by Crippen LogP contribution is 2.34. The first-order valence-electron chi connectivity index (χ1n) is 7.64. The fourth-order valence-electron chi connectivity index (χ4n) is 2.27. The maximum atomic E-state index is 12.4. The average molecular weight is 450 g/mol. The second-order valence-corrected chi connectivity index (χ2v) is 7.57. The number of thiophene rings is 1. The second-order valence-electron chi connectivity index (χ2n) is 5.22. The Hall–Kier alpha value is -2.15. The van der Waals surface area contributed by atoms with Gasteiger partial charge in [-0.25, -0.2) is 5.43 Å². The number of carbonyl (C=O) groups is 1. The van der Waals surface area contributed by atoms with Gasteiger partial charge in [-0.1, -0.05) is 58.4 Å². The van der Waals surface area contributed by atoms with E-state index in [0.717, 1.165) is 20.1 Å². The van der Waals surface area contributed by atoms with Gasteiger partial charge in [0, 0.05) is 20.1 Å². The molecule has 0 aliphatic heterocycles. The molecule has 0 radical (unpaired) electrons. The molecular formula is C19H14BrClN2O2S. The number of hydrogen-bond donors (Lipinski definition) is 1. The molecule has 0 atom stereocenters. The van der Waals surface area contributed by atoms with Crippen molar-refractivity contribution in [3.63, 3.8) is 0 Å². The van der Waals surface area contributed by atoms with Gasteiger partial charge in [-0.3, -0.25) is 4.79 Å². The Kier molecular flexibility index (Phi) is 6.08. The van der Waals surface area contributed by atoms with Gasteiger partial charge in [-0.15, -0.1) is 11.3 Å². The van der Waals surface area contributed by atoms with E-state index in [4.69, 9.17) is 16.3 Å². The Morgan fingerprint density at radius 1 is 1.35 bits per heavy atom. The summed E-state index contributed by atoms with van der Waals surface area (Å²) in [6.07, 6.45) is 3.19.